The highest BCUT2D eigenvalue weighted by Gasteiger charge is 2.40. The molecule has 1 N–H and O–H groups in total. The van der Waals surface area contributed by atoms with E-state index in [4.69, 9.17) is 11.6 Å². The number of aromatic nitrogens is 2. The minimum absolute atomic E-state index is 0.367. The predicted octanol–water partition coefficient (Wildman–Crippen LogP) is 2.60. The van der Waals surface area contributed by atoms with Crippen molar-refractivity contribution in [3.63, 3.8) is 0 Å². The Bertz CT molecular complexity index is 442. The molecule has 1 aliphatic heterocycles. The first-order valence-corrected chi connectivity index (χ1v) is 6.93. The van der Waals surface area contributed by atoms with Crippen molar-refractivity contribution in [1.29, 1.82) is 0 Å². The van der Waals surface area contributed by atoms with Crippen LogP contribution in [-0.2, 0) is 4.79 Å². The number of halogens is 1. The first kappa shape index (κ1) is 14.1. The molecule has 0 atom stereocenters. The highest BCUT2D eigenvalue weighted by molar-refractivity contribution is 6.29. The van der Waals surface area contributed by atoms with Crippen molar-refractivity contribution in [2.24, 2.45) is 5.41 Å². The summed E-state index contributed by atoms with van der Waals surface area (Å²) in [5.74, 6) is 0.0936. The molecule has 0 bridgehead atoms. The van der Waals surface area contributed by atoms with Gasteiger partial charge in [0, 0.05) is 13.1 Å². The summed E-state index contributed by atoms with van der Waals surface area (Å²) in [6.07, 6.45) is 2.94. The Labute approximate surface area is 117 Å². The van der Waals surface area contributed by atoms with Gasteiger partial charge in [0.05, 0.1) is 5.41 Å². The van der Waals surface area contributed by atoms with Gasteiger partial charge in [-0.2, -0.15) is 0 Å². The van der Waals surface area contributed by atoms with Crippen molar-refractivity contribution in [3.8, 4) is 0 Å². The van der Waals surface area contributed by atoms with Gasteiger partial charge in [0.2, 0.25) is 0 Å². The fourth-order valence-corrected chi connectivity index (χ4v) is 2.79. The standard InChI is InChI=1S/C13H18ClN3O2/c1-2-5-13(12(18)19)6-8-17(9-7-13)11-4-3-10(14)15-16-11/h3-4H,2,5-9H2,1H3,(H,18,19). The second kappa shape index (κ2) is 5.74. The van der Waals surface area contributed by atoms with E-state index in [0.29, 0.717) is 31.1 Å². The lowest BCUT2D eigenvalue weighted by atomic mass is 9.75. The van der Waals surface area contributed by atoms with Crippen LogP contribution < -0.4 is 4.90 Å². The molecule has 0 radical (unpaired) electrons. The Morgan fingerprint density at radius 1 is 1.42 bits per heavy atom. The monoisotopic (exact) mass is 283 g/mol. The number of carbonyl (C=O) groups is 1. The first-order chi connectivity index (χ1) is 9.07. The van der Waals surface area contributed by atoms with Crippen LogP contribution in [0.5, 0.6) is 0 Å². The minimum atomic E-state index is -0.670. The molecule has 0 unspecified atom stereocenters. The summed E-state index contributed by atoms with van der Waals surface area (Å²) < 4.78 is 0. The summed E-state index contributed by atoms with van der Waals surface area (Å²) in [5.41, 5.74) is -0.564. The van der Waals surface area contributed by atoms with Gasteiger partial charge < -0.3 is 10.0 Å². The molecular formula is C13H18ClN3O2. The molecule has 19 heavy (non-hydrogen) atoms. The third-order valence-corrected chi connectivity index (χ3v) is 4.05. The molecule has 1 fully saturated rings. The number of nitrogens with zero attached hydrogens (tertiary/aromatic N) is 3. The van der Waals surface area contributed by atoms with Gasteiger partial charge >= 0.3 is 5.97 Å². The normalized spacial score (nSPS) is 18.3. The number of carboxylic acids is 1. The molecular weight excluding hydrogens is 266 g/mol. The third kappa shape index (κ3) is 2.97. The van der Waals surface area contributed by atoms with E-state index in [2.05, 4.69) is 15.1 Å². The van der Waals surface area contributed by atoms with E-state index >= 15 is 0 Å². The van der Waals surface area contributed by atoms with Crippen LogP contribution in [0.25, 0.3) is 0 Å². The van der Waals surface area contributed by atoms with E-state index in [1.807, 2.05) is 13.0 Å². The molecule has 1 aromatic heterocycles. The number of hydrogen-bond acceptors (Lipinski definition) is 4. The minimum Gasteiger partial charge on any atom is -0.481 e. The maximum absolute atomic E-state index is 11.5. The molecule has 1 aliphatic rings. The van der Waals surface area contributed by atoms with Crippen LogP contribution in [0.1, 0.15) is 32.6 Å². The largest absolute Gasteiger partial charge is 0.481 e. The smallest absolute Gasteiger partial charge is 0.309 e. The Kier molecular flexibility index (Phi) is 4.24. The van der Waals surface area contributed by atoms with Crippen LogP contribution >= 0.6 is 11.6 Å². The van der Waals surface area contributed by atoms with Crippen LogP contribution in [0.2, 0.25) is 5.15 Å². The van der Waals surface area contributed by atoms with E-state index in [1.54, 1.807) is 6.07 Å². The average molecular weight is 284 g/mol. The molecule has 5 nitrogen and oxygen atoms in total. The summed E-state index contributed by atoms with van der Waals surface area (Å²) in [4.78, 5) is 13.6. The molecule has 1 aromatic rings. The second-order valence-electron chi connectivity index (χ2n) is 5.04. The van der Waals surface area contributed by atoms with Gasteiger partial charge in [0.15, 0.2) is 11.0 Å². The van der Waals surface area contributed by atoms with Crippen molar-refractivity contribution in [2.45, 2.75) is 32.6 Å². The molecule has 2 heterocycles. The topological polar surface area (TPSA) is 66.3 Å². The number of carboxylic acid groups (broad SMARTS) is 1. The van der Waals surface area contributed by atoms with Crippen LogP contribution in [0, 0.1) is 5.41 Å². The van der Waals surface area contributed by atoms with E-state index in [1.165, 1.54) is 0 Å². The van der Waals surface area contributed by atoms with Crippen molar-refractivity contribution >= 4 is 23.4 Å². The maximum Gasteiger partial charge on any atom is 0.309 e. The van der Waals surface area contributed by atoms with E-state index < -0.39 is 11.4 Å². The predicted molar refractivity (Wildman–Crippen MR) is 73.5 cm³/mol. The third-order valence-electron chi connectivity index (χ3n) is 3.84. The Hall–Kier alpha value is -1.36. The molecule has 1 saturated heterocycles. The van der Waals surface area contributed by atoms with Crippen molar-refractivity contribution in [2.75, 3.05) is 18.0 Å². The second-order valence-corrected chi connectivity index (χ2v) is 5.42. The zero-order valence-electron chi connectivity index (χ0n) is 11.0. The van der Waals surface area contributed by atoms with Crippen LogP contribution in [0.15, 0.2) is 12.1 Å². The molecule has 0 aromatic carbocycles. The van der Waals surface area contributed by atoms with E-state index in [-0.39, 0.29) is 0 Å². The fourth-order valence-electron chi connectivity index (χ4n) is 2.69. The Balaban J connectivity index is 2.05. The van der Waals surface area contributed by atoms with Crippen molar-refractivity contribution < 1.29 is 9.90 Å². The molecule has 104 valence electrons. The Morgan fingerprint density at radius 3 is 2.58 bits per heavy atom. The lowest BCUT2D eigenvalue weighted by Gasteiger charge is -2.39. The molecule has 2 rings (SSSR count). The number of hydrogen-bond donors (Lipinski definition) is 1. The van der Waals surface area contributed by atoms with Gasteiger partial charge in [-0.3, -0.25) is 4.79 Å². The highest BCUT2D eigenvalue weighted by atomic mass is 35.5. The van der Waals surface area contributed by atoms with Crippen LogP contribution in [0.4, 0.5) is 5.82 Å². The van der Waals surface area contributed by atoms with Gasteiger partial charge in [-0.1, -0.05) is 24.9 Å². The zero-order chi connectivity index (χ0) is 13.9. The van der Waals surface area contributed by atoms with Gasteiger partial charge in [-0.15, -0.1) is 10.2 Å². The summed E-state index contributed by atoms with van der Waals surface area (Å²) >= 11 is 5.71. The van der Waals surface area contributed by atoms with Gasteiger partial charge in [-0.05, 0) is 31.4 Å². The molecule has 0 amide bonds. The molecule has 0 aliphatic carbocycles. The lowest BCUT2D eigenvalue weighted by molar-refractivity contribution is -0.150. The summed E-state index contributed by atoms with van der Waals surface area (Å²) in [6.45, 7) is 3.42. The van der Waals surface area contributed by atoms with E-state index in [0.717, 1.165) is 18.7 Å². The van der Waals surface area contributed by atoms with Gasteiger partial charge in [0.1, 0.15) is 0 Å². The fraction of sp³-hybridized carbons (Fsp3) is 0.615. The number of piperidine rings is 1. The van der Waals surface area contributed by atoms with Gasteiger partial charge in [0.25, 0.3) is 0 Å². The van der Waals surface area contributed by atoms with Crippen molar-refractivity contribution in [1.82, 2.24) is 10.2 Å². The number of anilines is 1. The summed E-state index contributed by atoms with van der Waals surface area (Å²) in [5, 5.41) is 17.7. The number of rotatable bonds is 4. The Morgan fingerprint density at radius 2 is 2.11 bits per heavy atom. The molecule has 0 spiro atoms. The molecule has 0 saturated carbocycles. The quantitative estimate of drug-likeness (QED) is 0.920. The zero-order valence-corrected chi connectivity index (χ0v) is 11.7. The average Bonchev–Trinajstić information content (AvgIpc) is 2.41. The SMILES string of the molecule is CCCC1(C(=O)O)CCN(c2ccc(Cl)nn2)CC1. The lowest BCUT2D eigenvalue weighted by Crippen LogP contribution is -2.44. The van der Waals surface area contributed by atoms with Crippen molar-refractivity contribution in [3.05, 3.63) is 17.3 Å². The van der Waals surface area contributed by atoms with Crippen LogP contribution in [-0.4, -0.2) is 34.4 Å². The van der Waals surface area contributed by atoms with E-state index in [9.17, 15) is 9.90 Å². The van der Waals surface area contributed by atoms with Crippen LogP contribution in [0.3, 0.4) is 0 Å². The van der Waals surface area contributed by atoms with Gasteiger partial charge in [-0.25, -0.2) is 0 Å². The first-order valence-electron chi connectivity index (χ1n) is 6.55. The maximum atomic E-state index is 11.5. The molecule has 6 heteroatoms. The summed E-state index contributed by atoms with van der Waals surface area (Å²) in [6, 6.07) is 3.53. The summed E-state index contributed by atoms with van der Waals surface area (Å²) in [7, 11) is 0. The highest BCUT2D eigenvalue weighted by Crippen LogP contribution is 2.37. The number of aliphatic carboxylic acids is 1.